The first-order chi connectivity index (χ1) is 7.08. The molecule has 0 spiro atoms. The van der Waals surface area contributed by atoms with Gasteiger partial charge in [0, 0.05) is 5.02 Å². The second-order valence-electron chi connectivity index (χ2n) is 3.57. The van der Waals surface area contributed by atoms with Crippen molar-refractivity contribution in [2.24, 2.45) is 0 Å². The third-order valence-corrected chi connectivity index (χ3v) is 2.62. The van der Waals surface area contributed by atoms with Gasteiger partial charge in [-0.15, -0.1) is 0 Å². The molecule has 1 atom stereocenters. The summed E-state index contributed by atoms with van der Waals surface area (Å²) in [6, 6.07) is 4.94. The lowest BCUT2D eigenvalue weighted by atomic mass is 10.2. The van der Waals surface area contributed by atoms with E-state index in [1.54, 1.807) is 18.2 Å². The summed E-state index contributed by atoms with van der Waals surface area (Å²) in [7, 11) is 0. The Morgan fingerprint density at radius 3 is 2.87 bits per heavy atom. The minimum absolute atomic E-state index is 0.128. The number of halogens is 1. The van der Waals surface area contributed by atoms with Crippen LogP contribution in [0.3, 0.4) is 0 Å². The number of amides is 1. The molecule has 1 aromatic rings. The van der Waals surface area contributed by atoms with Gasteiger partial charge in [0.15, 0.2) is 0 Å². The maximum Gasteiger partial charge on any atom is 0.229 e. The fourth-order valence-electron chi connectivity index (χ4n) is 1.67. The molecule has 0 radical (unpaired) electrons. The summed E-state index contributed by atoms with van der Waals surface area (Å²) in [6.07, 6.45) is -0.470. The van der Waals surface area contributed by atoms with Crippen LogP contribution in [-0.4, -0.2) is 23.7 Å². The van der Waals surface area contributed by atoms with Gasteiger partial charge >= 0.3 is 0 Å². The van der Waals surface area contributed by atoms with Crippen molar-refractivity contribution in [3.8, 4) is 0 Å². The Hall–Kier alpha value is -1.26. The molecule has 0 aromatic heterocycles. The number of nitrogens with zero attached hydrogens (tertiary/aromatic N) is 1. The standard InChI is InChI=1S/C10H11ClN2O2/c11-6-1-2-8(12)9(3-6)13-5-7(14)4-10(13)15/h1-3,7,14H,4-5,12H2. The van der Waals surface area contributed by atoms with E-state index in [0.29, 0.717) is 16.4 Å². The lowest BCUT2D eigenvalue weighted by molar-refractivity contribution is -0.117. The summed E-state index contributed by atoms with van der Waals surface area (Å²) < 4.78 is 0. The fourth-order valence-corrected chi connectivity index (χ4v) is 1.84. The van der Waals surface area contributed by atoms with Crippen molar-refractivity contribution >= 4 is 28.9 Å². The summed E-state index contributed by atoms with van der Waals surface area (Å²) in [5.41, 5.74) is 6.80. The minimum atomic E-state index is -0.615. The number of aliphatic hydroxyl groups excluding tert-OH is 1. The van der Waals surface area contributed by atoms with Crippen LogP contribution in [0.25, 0.3) is 0 Å². The molecule has 15 heavy (non-hydrogen) atoms. The van der Waals surface area contributed by atoms with Gasteiger partial charge in [0.1, 0.15) is 0 Å². The first-order valence-electron chi connectivity index (χ1n) is 4.61. The number of aliphatic hydroxyl groups is 1. The zero-order valence-corrected chi connectivity index (χ0v) is 8.74. The van der Waals surface area contributed by atoms with Gasteiger partial charge in [-0.1, -0.05) is 11.6 Å². The highest BCUT2D eigenvalue weighted by Crippen LogP contribution is 2.30. The average Bonchev–Trinajstić information content (AvgIpc) is 2.50. The Kier molecular flexibility index (Phi) is 2.54. The van der Waals surface area contributed by atoms with E-state index < -0.39 is 6.10 Å². The van der Waals surface area contributed by atoms with E-state index in [0.717, 1.165) is 0 Å². The van der Waals surface area contributed by atoms with Crippen LogP contribution in [0.15, 0.2) is 18.2 Å². The quantitative estimate of drug-likeness (QED) is 0.703. The number of nitrogens with two attached hydrogens (primary N) is 1. The van der Waals surface area contributed by atoms with Gasteiger partial charge in [-0.3, -0.25) is 4.79 Å². The topological polar surface area (TPSA) is 66.6 Å². The molecule has 0 saturated carbocycles. The van der Waals surface area contributed by atoms with Crippen molar-refractivity contribution in [1.82, 2.24) is 0 Å². The molecule has 1 aromatic carbocycles. The third-order valence-electron chi connectivity index (χ3n) is 2.39. The average molecular weight is 227 g/mol. The number of hydrogen-bond donors (Lipinski definition) is 2. The fraction of sp³-hybridized carbons (Fsp3) is 0.300. The zero-order chi connectivity index (χ0) is 11.0. The molecule has 80 valence electrons. The summed E-state index contributed by atoms with van der Waals surface area (Å²) in [5, 5.41) is 9.88. The van der Waals surface area contributed by atoms with Crippen LogP contribution >= 0.6 is 11.6 Å². The molecule has 5 heteroatoms. The molecular weight excluding hydrogens is 216 g/mol. The SMILES string of the molecule is Nc1ccc(Cl)cc1N1CC(O)CC1=O. The summed E-state index contributed by atoms with van der Waals surface area (Å²) >= 11 is 5.82. The second kappa shape index (κ2) is 3.72. The summed E-state index contributed by atoms with van der Waals surface area (Å²) in [5.74, 6) is -0.128. The molecule has 0 aliphatic carbocycles. The molecule has 0 bridgehead atoms. The molecule has 2 rings (SSSR count). The molecule has 1 aliphatic rings. The highest BCUT2D eigenvalue weighted by atomic mass is 35.5. The predicted molar refractivity (Wildman–Crippen MR) is 58.8 cm³/mol. The maximum absolute atomic E-state index is 11.5. The first kappa shape index (κ1) is 10.3. The van der Waals surface area contributed by atoms with Crippen molar-refractivity contribution < 1.29 is 9.90 Å². The van der Waals surface area contributed by atoms with Crippen molar-refractivity contribution in [1.29, 1.82) is 0 Å². The summed E-state index contributed by atoms with van der Waals surface area (Å²) in [6.45, 7) is 0.281. The van der Waals surface area contributed by atoms with Gasteiger partial charge in [0.25, 0.3) is 0 Å². The van der Waals surface area contributed by atoms with Crippen LogP contribution in [0, 0.1) is 0 Å². The largest absolute Gasteiger partial charge is 0.397 e. The number of rotatable bonds is 1. The van der Waals surface area contributed by atoms with E-state index in [9.17, 15) is 9.90 Å². The van der Waals surface area contributed by atoms with Crippen LogP contribution < -0.4 is 10.6 Å². The Balaban J connectivity index is 2.37. The number of β-amino-alcohol motifs (C(OH)–C–C–N with tert-alkyl or cyclic N) is 1. The van der Waals surface area contributed by atoms with E-state index in [1.807, 2.05) is 0 Å². The Morgan fingerprint density at radius 1 is 1.53 bits per heavy atom. The van der Waals surface area contributed by atoms with Crippen molar-refractivity contribution in [3.05, 3.63) is 23.2 Å². The highest BCUT2D eigenvalue weighted by Gasteiger charge is 2.30. The van der Waals surface area contributed by atoms with E-state index in [-0.39, 0.29) is 18.9 Å². The lowest BCUT2D eigenvalue weighted by Crippen LogP contribution is -2.26. The lowest BCUT2D eigenvalue weighted by Gasteiger charge is -2.18. The van der Waals surface area contributed by atoms with Crippen LogP contribution in [0.5, 0.6) is 0 Å². The number of benzene rings is 1. The zero-order valence-electron chi connectivity index (χ0n) is 7.98. The second-order valence-corrected chi connectivity index (χ2v) is 4.00. The van der Waals surface area contributed by atoms with Gasteiger partial charge in [0.2, 0.25) is 5.91 Å². The molecule has 1 aliphatic heterocycles. The van der Waals surface area contributed by atoms with Gasteiger partial charge < -0.3 is 15.7 Å². The smallest absolute Gasteiger partial charge is 0.229 e. The Bertz CT molecular complexity index is 408. The minimum Gasteiger partial charge on any atom is -0.397 e. The molecule has 4 nitrogen and oxygen atoms in total. The molecule has 1 saturated heterocycles. The monoisotopic (exact) mass is 226 g/mol. The van der Waals surface area contributed by atoms with Gasteiger partial charge in [-0.2, -0.15) is 0 Å². The van der Waals surface area contributed by atoms with Crippen LogP contribution in [0.2, 0.25) is 5.02 Å². The van der Waals surface area contributed by atoms with Gasteiger partial charge in [0.05, 0.1) is 30.4 Å². The van der Waals surface area contributed by atoms with Crippen molar-refractivity contribution in [2.45, 2.75) is 12.5 Å². The number of hydrogen-bond acceptors (Lipinski definition) is 3. The molecule has 1 fully saturated rings. The van der Waals surface area contributed by atoms with Crippen molar-refractivity contribution in [3.63, 3.8) is 0 Å². The molecule has 1 unspecified atom stereocenters. The number of nitrogen functional groups attached to an aromatic ring is 1. The molecule has 1 amide bonds. The number of anilines is 2. The predicted octanol–water partition coefficient (Wildman–Crippen LogP) is 1.02. The molecule has 1 heterocycles. The Labute approximate surface area is 92.2 Å². The molecule has 3 N–H and O–H groups in total. The van der Waals surface area contributed by atoms with Gasteiger partial charge in [-0.05, 0) is 18.2 Å². The van der Waals surface area contributed by atoms with E-state index in [1.165, 1.54) is 4.90 Å². The van der Waals surface area contributed by atoms with E-state index in [4.69, 9.17) is 17.3 Å². The first-order valence-corrected chi connectivity index (χ1v) is 4.99. The van der Waals surface area contributed by atoms with Gasteiger partial charge in [-0.25, -0.2) is 0 Å². The maximum atomic E-state index is 11.5. The van der Waals surface area contributed by atoms with Crippen LogP contribution in [0.1, 0.15) is 6.42 Å². The highest BCUT2D eigenvalue weighted by molar-refractivity contribution is 6.31. The summed E-state index contributed by atoms with van der Waals surface area (Å²) in [4.78, 5) is 13.0. The molecular formula is C10H11ClN2O2. The van der Waals surface area contributed by atoms with Crippen LogP contribution in [-0.2, 0) is 4.79 Å². The Morgan fingerprint density at radius 2 is 2.27 bits per heavy atom. The third kappa shape index (κ3) is 1.91. The van der Waals surface area contributed by atoms with Crippen LogP contribution in [0.4, 0.5) is 11.4 Å². The number of carbonyl (C=O) groups excluding carboxylic acids is 1. The van der Waals surface area contributed by atoms with Crippen molar-refractivity contribution in [2.75, 3.05) is 17.2 Å². The normalized spacial score (nSPS) is 21.1. The van der Waals surface area contributed by atoms with E-state index in [2.05, 4.69) is 0 Å². The number of carbonyl (C=O) groups is 1. The van der Waals surface area contributed by atoms with E-state index >= 15 is 0 Å².